The van der Waals surface area contributed by atoms with E-state index in [1.54, 1.807) is 22.9 Å². The summed E-state index contributed by atoms with van der Waals surface area (Å²) in [4.78, 5) is 0. The van der Waals surface area contributed by atoms with Gasteiger partial charge in [0.15, 0.2) is 5.15 Å². The number of hydrogen-bond acceptors (Lipinski definition) is 3. The zero-order chi connectivity index (χ0) is 18.3. The third-order valence-electron chi connectivity index (χ3n) is 4.89. The van der Waals surface area contributed by atoms with Gasteiger partial charge in [-0.15, -0.1) is 0 Å². The van der Waals surface area contributed by atoms with E-state index < -0.39 is 0 Å². The van der Waals surface area contributed by atoms with Crippen LogP contribution in [0, 0.1) is 6.92 Å². The molecular formula is C19H18Cl2FN3O. The van der Waals surface area contributed by atoms with Crippen molar-refractivity contribution in [3.05, 3.63) is 63.6 Å². The summed E-state index contributed by atoms with van der Waals surface area (Å²) in [5.74, 6) is 0.959. The van der Waals surface area contributed by atoms with Gasteiger partial charge in [0.1, 0.15) is 10.9 Å². The molecular weight excluding hydrogens is 376 g/mol. The number of hydrogen-bond donors (Lipinski definition) is 1. The minimum Gasteiger partial charge on any atom is -0.467 e. The fourth-order valence-corrected chi connectivity index (χ4v) is 4.25. The monoisotopic (exact) mass is 393 g/mol. The summed E-state index contributed by atoms with van der Waals surface area (Å²) in [6.07, 6.45) is 5.13. The van der Waals surface area contributed by atoms with Crippen LogP contribution in [0.3, 0.4) is 0 Å². The Hall–Kier alpha value is -1.98. The second-order valence-electron chi connectivity index (χ2n) is 6.53. The predicted molar refractivity (Wildman–Crippen MR) is 102 cm³/mol. The van der Waals surface area contributed by atoms with E-state index in [9.17, 15) is 4.39 Å². The van der Waals surface area contributed by atoms with Gasteiger partial charge < -0.3 is 9.73 Å². The first-order valence-electron chi connectivity index (χ1n) is 8.52. The number of allylic oxidation sites excluding steroid dienone is 2. The highest BCUT2D eigenvalue weighted by atomic mass is 35.5. The molecule has 0 aromatic carbocycles. The molecule has 3 aromatic rings. The first kappa shape index (κ1) is 17.4. The van der Waals surface area contributed by atoms with Gasteiger partial charge in [0.05, 0.1) is 29.8 Å². The van der Waals surface area contributed by atoms with Crippen LogP contribution in [-0.2, 0) is 6.54 Å². The maximum absolute atomic E-state index is 13.4. The molecule has 0 radical (unpaired) electrons. The summed E-state index contributed by atoms with van der Waals surface area (Å²) in [5, 5.41) is 8.61. The number of furan rings is 1. The first-order valence-corrected chi connectivity index (χ1v) is 9.28. The molecule has 3 aromatic heterocycles. The van der Waals surface area contributed by atoms with Gasteiger partial charge in [-0.1, -0.05) is 29.3 Å². The molecule has 0 fully saturated rings. The Labute approximate surface area is 160 Å². The summed E-state index contributed by atoms with van der Waals surface area (Å²) < 4.78 is 20.5. The Morgan fingerprint density at radius 3 is 2.96 bits per heavy atom. The number of anilines is 1. The SMILES string of the molecule is Cc1c(C2CC=C(F)CC2)c(Cl)n2nc(Cl)cc(NCc3ccco3)c12. The van der Waals surface area contributed by atoms with E-state index in [1.165, 1.54) is 0 Å². The van der Waals surface area contributed by atoms with Gasteiger partial charge in [0.2, 0.25) is 0 Å². The molecule has 0 aliphatic heterocycles. The summed E-state index contributed by atoms with van der Waals surface area (Å²) in [6.45, 7) is 2.55. The van der Waals surface area contributed by atoms with Crippen LogP contribution in [0.25, 0.3) is 5.52 Å². The van der Waals surface area contributed by atoms with Crippen molar-refractivity contribution in [2.75, 3.05) is 5.32 Å². The van der Waals surface area contributed by atoms with E-state index in [2.05, 4.69) is 10.4 Å². The van der Waals surface area contributed by atoms with Crippen molar-refractivity contribution < 1.29 is 8.81 Å². The average Bonchev–Trinajstić information content (AvgIpc) is 3.22. The number of aromatic nitrogens is 2. The van der Waals surface area contributed by atoms with Gasteiger partial charge in [0.25, 0.3) is 0 Å². The summed E-state index contributed by atoms with van der Waals surface area (Å²) >= 11 is 12.9. The fourth-order valence-electron chi connectivity index (χ4n) is 3.64. The van der Waals surface area contributed by atoms with Crippen molar-refractivity contribution >= 4 is 34.4 Å². The lowest BCUT2D eigenvalue weighted by molar-refractivity contribution is 0.496. The van der Waals surface area contributed by atoms with Crippen LogP contribution < -0.4 is 5.32 Å². The van der Waals surface area contributed by atoms with Crippen LogP contribution in [0.4, 0.5) is 10.1 Å². The van der Waals surface area contributed by atoms with Crippen LogP contribution in [0.5, 0.6) is 0 Å². The van der Waals surface area contributed by atoms with E-state index in [4.69, 9.17) is 27.6 Å². The summed E-state index contributed by atoms with van der Waals surface area (Å²) in [6, 6.07) is 5.53. The Bertz CT molecular complexity index is 979. The molecule has 1 aliphatic rings. The molecule has 0 saturated heterocycles. The zero-order valence-electron chi connectivity index (χ0n) is 14.2. The average molecular weight is 394 g/mol. The summed E-state index contributed by atoms with van der Waals surface area (Å²) in [7, 11) is 0. The van der Waals surface area contributed by atoms with E-state index in [0.29, 0.717) is 29.7 Å². The molecule has 136 valence electrons. The molecule has 1 unspecified atom stereocenters. The zero-order valence-corrected chi connectivity index (χ0v) is 15.7. The molecule has 0 spiro atoms. The first-order chi connectivity index (χ1) is 12.5. The Balaban J connectivity index is 1.77. The number of rotatable bonds is 4. The molecule has 1 N–H and O–H groups in total. The van der Waals surface area contributed by atoms with Crippen molar-refractivity contribution in [2.45, 2.75) is 38.6 Å². The molecule has 7 heteroatoms. The van der Waals surface area contributed by atoms with Crippen LogP contribution in [0.1, 0.15) is 42.1 Å². The van der Waals surface area contributed by atoms with Crippen LogP contribution in [0.15, 0.2) is 40.8 Å². The number of nitrogens with zero attached hydrogens (tertiary/aromatic N) is 2. The predicted octanol–water partition coefficient (Wildman–Crippen LogP) is 6.28. The van der Waals surface area contributed by atoms with E-state index in [0.717, 1.165) is 34.5 Å². The highest BCUT2D eigenvalue weighted by molar-refractivity contribution is 6.32. The third kappa shape index (κ3) is 3.10. The van der Waals surface area contributed by atoms with Gasteiger partial charge >= 0.3 is 0 Å². The fraction of sp³-hybridized carbons (Fsp3) is 0.316. The van der Waals surface area contributed by atoms with Gasteiger partial charge in [-0.3, -0.25) is 0 Å². The number of fused-ring (bicyclic) bond motifs is 1. The number of aryl methyl sites for hydroxylation is 1. The normalized spacial score (nSPS) is 17.5. The van der Waals surface area contributed by atoms with Crippen molar-refractivity contribution in [1.29, 1.82) is 0 Å². The lowest BCUT2D eigenvalue weighted by Crippen LogP contribution is -2.04. The highest BCUT2D eigenvalue weighted by Crippen LogP contribution is 2.42. The van der Waals surface area contributed by atoms with Crippen molar-refractivity contribution in [1.82, 2.24) is 9.61 Å². The number of halogens is 3. The highest BCUT2D eigenvalue weighted by Gasteiger charge is 2.26. The van der Waals surface area contributed by atoms with Crippen LogP contribution in [0.2, 0.25) is 10.3 Å². The molecule has 1 atom stereocenters. The molecule has 1 aliphatic carbocycles. The van der Waals surface area contributed by atoms with Gasteiger partial charge in [-0.05, 0) is 55.4 Å². The molecule has 0 saturated carbocycles. The van der Waals surface area contributed by atoms with Gasteiger partial charge in [-0.25, -0.2) is 8.91 Å². The second kappa shape index (κ2) is 6.97. The Morgan fingerprint density at radius 2 is 2.27 bits per heavy atom. The molecule has 4 rings (SSSR count). The minimum absolute atomic E-state index is 0.0410. The second-order valence-corrected chi connectivity index (χ2v) is 7.27. The van der Waals surface area contributed by atoms with Gasteiger partial charge in [0, 0.05) is 6.07 Å². The van der Waals surface area contributed by atoms with Crippen LogP contribution in [-0.4, -0.2) is 9.61 Å². The largest absolute Gasteiger partial charge is 0.467 e. The molecule has 0 bridgehead atoms. The summed E-state index contributed by atoms with van der Waals surface area (Å²) in [5.41, 5.74) is 3.79. The maximum Gasteiger partial charge on any atom is 0.152 e. The Morgan fingerprint density at radius 1 is 1.42 bits per heavy atom. The lowest BCUT2D eigenvalue weighted by Gasteiger charge is -2.19. The van der Waals surface area contributed by atoms with E-state index in [1.807, 2.05) is 19.1 Å². The number of nitrogens with one attached hydrogen (secondary N) is 1. The van der Waals surface area contributed by atoms with E-state index >= 15 is 0 Å². The topological polar surface area (TPSA) is 42.5 Å². The van der Waals surface area contributed by atoms with Crippen molar-refractivity contribution in [2.24, 2.45) is 0 Å². The van der Waals surface area contributed by atoms with Crippen LogP contribution >= 0.6 is 23.2 Å². The maximum atomic E-state index is 13.4. The molecule has 0 amide bonds. The van der Waals surface area contributed by atoms with Gasteiger partial charge in [-0.2, -0.15) is 5.10 Å². The minimum atomic E-state index is -0.0410. The Kier molecular flexibility index (Phi) is 4.67. The third-order valence-corrected chi connectivity index (χ3v) is 5.44. The molecule has 3 heterocycles. The molecule has 4 nitrogen and oxygen atoms in total. The quantitative estimate of drug-likeness (QED) is 0.567. The smallest absolute Gasteiger partial charge is 0.152 e. The van der Waals surface area contributed by atoms with E-state index in [-0.39, 0.29) is 11.7 Å². The lowest BCUT2D eigenvalue weighted by atomic mass is 9.87. The van der Waals surface area contributed by atoms with Crippen molar-refractivity contribution in [3.63, 3.8) is 0 Å². The van der Waals surface area contributed by atoms with Crippen molar-refractivity contribution in [3.8, 4) is 0 Å². The molecule has 26 heavy (non-hydrogen) atoms. The standard InChI is InChI=1S/C19H18Cl2FN3O/c1-11-17(12-4-6-13(22)7-5-12)19(21)25-18(11)15(9-16(20)24-25)23-10-14-3-2-8-26-14/h2-3,6,8-9,12,23H,4-5,7,10H2,1H3.